The van der Waals surface area contributed by atoms with Crippen LogP contribution >= 0.6 is 0 Å². The normalized spacial score (nSPS) is 12.0. The minimum atomic E-state index is -0.610. The third kappa shape index (κ3) is 10.6. The van der Waals surface area contributed by atoms with E-state index in [4.69, 9.17) is 0 Å². The third-order valence-corrected chi connectivity index (χ3v) is 5.51. The summed E-state index contributed by atoms with van der Waals surface area (Å²) < 4.78 is 9.03. The number of nitrogens with zero attached hydrogens (tertiary/aromatic N) is 2. The summed E-state index contributed by atoms with van der Waals surface area (Å²) in [4.78, 5) is 60.8. The number of alkyl carbamates (subject to hydrolysis) is 2. The number of H-pyrrole nitrogens is 2. The Bertz CT molecular complexity index is 1180. The van der Waals surface area contributed by atoms with Crippen molar-refractivity contribution >= 4 is 34.8 Å². The molecule has 210 valence electrons. The number of carbonyl (C=O) groups is 4. The summed E-state index contributed by atoms with van der Waals surface area (Å²) in [6.07, 6.45) is 3.16. The number of hydrogen-bond donors (Lipinski definition) is 4. The molecule has 2 atom stereocenters. The summed E-state index contributed by atoms with van der Waals surface area (Å²) in [5, 5.41) is 5.08. The summed E-state index contributed by atoms with van der Waals surface area (Å²) in [5.74, 6) is 0.835. The van der Waals surface area contributed by atoms with Crippen LogP contribution in [0.3, 0.4) is 0 Å². The summed E-state index contributed by atoms with van der Waals surface area (Å²) >= 11 is 0. The van der Waals surface area contributed by atoms with E-state index in [-0.39, 0.29) is 57.3 Å². The van der Waals surface area contributed by atoms with Gasteiger partial charge in [0.25, 0.3) is 0 Å². The molecule has 0 spiro atoms. The van der Waals surface area contributed by atoms with E-state index >= 15 is 0 Å². The zero-order valence-corrected chi connectivity index (χ0v) is 25.7. The first kappa shape index (κ1) is 33.5. The Morgan fingerprint density at radius 1 is 0.923 bits per heavy atom. The van der Waals surface area contributed by atoms with Gasteiger partial charge in [-0.25, -0.2) is 9.59 Å². The fourth-order valence-corrected chi connectivity index (χ4v) is 3.54. The van der Waals surface area contributed by atoms with Gasteiger partial charge in [0.05, 0.1) is 38.5 Å². The van der Waals surface area contributed by atoms with Gasteiger partial charge < -0.3 is 35.1 Å². The zero-order chi connectivity index (χ0) is 28.2. The first-order valence-electron chi connectivity index (χ1n) is 12.0. The Labute approximate surface area is 241 Å². The van der Waals surface area contributed by atoms with Gasteiger partial charge in [-0.05, 0) is 35.1 Å². The van der Waals surface area contributed by atoms with Crippen LogP contribution in [-0.2, 0) is 53.0 Å². The molecule has 4 N–H and O–H groups in total. The number of ketones is 2. The number of fused-ring (bicyclic) bond motifs is 1. The molecule has 12 nitrogen and oxygen atoms in total. The van der Waals surface area contributed by atoms with E-state index in [9.17, 15) is 19.2 Å². The molecule has 2 aromatic heterocycles. The maximum Gasteiger partial charge on any atom is 2.00 e. The molecule has 0 aliphatic rings. The topological polar surface area (TPSA) is 168 Å². The van der Waals surface area contributed by atoms with E-state index in [0.29, 0.717) is 11.6 Å². The number of aromatic nitrogens is 4. The predicted octanol–water partition coefficient (Wildman–Crippen LogP) is 2.55. The molecular formula is C26H34N6O6W. The number of methoxy groups -OCH3 is 2. The van der Waals surface area contributed by atoms with Gasteiger partial charge in [0.1, 0.15) is 5.78 Å². The van der Waals surface area contributed by atoms with E-state index in [1.807, 2.05) is 33.8 Å². The summed E-state index contributed by atoms with van der Waals surface area (Å²) in [6, 6.07) is 7.15. The Kier molecular flexibility index (Phi) is 14.1. The maximum absolute atomic E-state index is 12.3. The number of amides is 2. The van der Waals surface area contributed by atoms with Gasteiger partial charge in [-0.3, -0.25) is 14.6 Å². The van der Waals surface area contributed by atoms with Gasteiger partial charge >= 0.3 is 33.3 Å². The van der Waals surface area contributed by atoms with Crippen LogP contribution < -0.4 is 10.6 Å². The molecular weight excluding hydrogens is 676 g/mol. The van der Waals surface area contributed by atoms with Crippen molar-refractivity contribution in [2.24, 2.45) is 11.8 Å². The summed E-state index contributed by atoms with van der Waals surface area (Å²) in [6.45, 7) is 7.44. The van der Waals surface area contributed by atoms with Gasteiger partial charge in [0.15, 0.2) is 5.78 Å². The van der Waals surface area contributed by atoms with Gasteiger partial charge in [-0.1, -0.05) is 33.9 Å². The Morgan fingerprint density at radius 2 is 1.46 bits per heavy atom. The van der Waals surface area contributed by atoms with Crippen molar-refractivity contribution in [3.63, 3.8) is 0 Å². The van der Waals surface area contributed by atoms with Gasteiger partial charge in [0.2, 0.25) is 0 Å². The maximum atomic E-state index is 12.3. The largest absolute Gasteiger partial charge is 2.00 e. The number of Topliss-reactive ketones (excluding diaryl/α,β-unsaturated/α-hetero) is 2. The van der Waals surface area contributed by atoms with Crippen LogP contribution in [0.25, 0.3) is 11.0 Å². The number of aromatic amines is 2. The standard InChI is InChI=1S/C15H18N3O3.C11H16N3O3.W/c1-9(2)14(18-15(20)21-3)12(19)8-13-16-10-6-4-5-7-11(10)17-13;1-7(2)10(14-11(16)17-3)8(15)6-9-12-4-5-13-9;/h4,6-7,9,14H,8H2,1-3H3,(H,16,17)(H,18,20);4,7,10H,6H2,1-3H3,(H,12,13)(H,14,16);/q2*-1;+2. The average molecular weight is 710 g/mol. The van der Waals surface area contributed by atoms with Crippen molar-refractivity contribution in [2.75, 3.05) is 14.2 Å². The molecule has 0 fully saturated rings. The van der Waals surface area contributed by atoms with E-state index in [1.165, 1.54) is 20.4 Å². The molecule has 0 radical (unpaired) electrons. The molecule has 39 heavy (non-hydrogen) atoms. The molecule has 3 rings (SSSR count). The average Bonchev–Trinajstić information content (AvgIpc) is 3.54. The SMILES string of the molecule is COC(=O)NC(C(=O)Cc1n[c-]c[nH]1)C(C)C.COC(=O)NC(C(=O)Cc1nc2c[c-]ccc2[nH]1)C(C)C.[W+2]. The Balaban J connectivity index is 0.000000389. The zero-order valence-electron chi connectivity index (χ0n) is 22.8. The van der Waals surface area contributed by atoms with Crippen molar-refractivity contribution in [1.29, 1.82) is 0 Å². The minimum Gasteiger partial charge on any atom is -0.453 e. The molecule has 2 unspecified atom stereocenters. The van der Waals surface area contributed by atoms with Gasteiger partial charge in [-0.2, -0.15) is 12.1 Å². The molecule has 1 aromatic carbocycles. The number of benzene rings is 1. The van der Waals surface area contributed by atoms with Gasteiger partial charge in [-0.15, -0.1) is 18.3 Å². The van der Waals surface area contributed by atoms with Crippen molar-refractivity contribution in [3.8, 4) is 0 Å². The molecule has 0 aliphatic heterocycles. The number of carbonyl (C=O) groups excluding carboxylic acids is 4. The molecule has 0 saturated carbocycles. The van der Waals surface area contributed by atoms with Crippen LogP contribution in [0, 0.1) is 24.1 Å². The number of rotatable bonds is 10. The van der Waals surface area contributed by atoms with Crippen LogP contribution in [0.15, 0.2) is 24.4 Å². The third-order valence-electron chi connectivity index (χ3n) is 5.51. The molecule has 0 saturated heterocycles. The fourth-order valence-electron chi connectivity index (χ4n) is 3.54. The molecule has 0 bridgehead atoms. The first-order valence-corrected chi connectivity index (χ1v) is 12.0. The Morgan fingerprint density at radius 3 is 1.90 bits per heavy atom. The monoisotopic (exact) mass is 710 g/mol. The van der Waals surface area contributed by atoms with Crippen molar-refractivity contribution in [2.45, 2.75) is 52.6 Å². The second-order valence-corrected chi connectivity index (χ2v) is 9.10. The summed E-state index contributed by atoms with van der Waals surface area (Å²) in [7, 11) is 2.53. The second kappa shape index (κ2) is 16.4. The van der Waals surface area contributed by atoms with Crippen molar-refractivity contribution < 1.29 is 49.7 Å². The van der Waals surface area contributed by atoms with Crippen LogP contribution in [0.4, 0.5) is 9.59 Å². The van der Waals surface area contributed by atoms with E-state index in [1.54, 1.807) is 12.1 Å². The number of ether oxygens (including phenoxy) is 2. The van der Waals surface area contributed by atoms with Crippen LogP contribution in [0.2, 0.25) is 0 Å². The van der Waals surface area contributed by atoms with Crippen molar-refractivity contribution in [3.05, 3.63) is 48.3 Å². The molecule has 0 aliphatic carbocycles. The fraction of sp³-hybridized carbons (Fsp3) is 0.462. The molecule has 2 heterocycles. The van der Waals surface area contributed by atoms with E-state index < -0.39 is 24.3 Å². The second-order valence-electron chi connectivity index (χ2n) is 9.10. The quantitative estimate of drug-likeness (QED) is 0.233. The smallest absolute Gasteiger partial charge is 0.453 e. The predicted molar refractivity (Wildman–Crippen MR) is 138 cm³/mol. The molecule has 2 amide bonds. The van der Waals surface area contributed by atoms with E-state index in [0.717, 1.165) is 11.0 Å². The van der Waals surface area contributed by atoms with Gasteiger partial charge in [0, 0.05) is 0 Å². The van der Waals surface area contributed by atoms with Crippen LogP contribution in [-0.4, -0.2) is 70.0 Å². The van der Waals surface area contributed by atoms with E-state index in [2.05, 4.69) is 52.3 Å². The van der Waals surface area contributed by atoms with Crippen LogP contribution in [0.1, 0.15) is 39.3 Å². The first-order chi connectivity index (χ1) is 18.0. The Hall–Kier alpha value is -3.53. The van der Waals surface area contributed by atoms with Crippen LogP contribution in [0.5, 0.6) is 0 Å². The summed E-state index contributed by atoms with van der Waals surface area (Å²) in [5.41, 5.74) is 1.63. The number of imidazole rings is 2. The van der Waals surface area contributed by atoms with Crippen molar-refractivity contribution in [1.82, 2.24) is 30.6 Å². The molecule has 13 heteroatoms. The minimum absolute atomic E-state index is 0. The number of hydrogen-bond acceptors (Lipinski definition) is 8. The number of nitrogens with one attached hydrogen (secondary N) is 4. The molecule has 3 aromatic rings.